The molecule has 0 unspecified atom stereocenters. The van der Waals surface area contributed by atoms with Gasteiger partial charge in [-0.1, -0.05) is 42.5 Å². The SMILES string of the molecule is O=C(Cc1cccc2ccccc12)N1CCC[C@@H](S(=O)(=O)c2ccc(F)cc2)C1. The zero-order valence-electron chi connectivity index (χ0n) is 15.9. The Balaban J connectivity index is 1.52. The van der Waals surface area contributed by atoms with E-state index >= 15 is 0 Å². The molecule has 4 nitrogen and oxygen atoms in total. The lowest BCUT2D eigenvalue weighted by atomic mass is 10.0. The Bertz CT molecular complexity index is 1140. The van der Waals surface area contributed by atoms with Crippen molar-refractivity contribution >= 4 is 26.5 Å². The van der Waals surface area contributed by atoms with E-state index in [0.717, 1.165) is 28.5 Å². The van der Waals surface area contributed by atoms with Crippen molar-refractivity contribution in [2.75, 3.05) is 13.1 Å². The van der Waals surface area contributed by atoms with Crippen LogP contribution in [0.1, 0.15) is 18.4 Å². The van der Waals surface area contributed by atoms with Crippen LogP contribution >= 0.6 is 0 Å². The van der Waals surface area contributed by atoms with Crippen molar-refractivity contribution in [1.29, 1.82) is 0 Å². The predicted molar refractivity (Wildman–Crippen MR) is 111 cm³/mol. The van der Waals surface area contributed by atoms with Crippen LogP contribution in [-0.4, -0.2) is 37.6 Å². The van der Waals surface area contributed by atoms with Crippen LogP contribution < -0.4 is 0 Å². The average molecular weight is 411 g/mol. The van der Waals surface area contributed by atoms with Gasteiger partial charge in [-0.15, -0.1) is 0 Å². The molecular formula is C23H22FNO3S. The fourth-order valence-electron chi connectivity index (χ4n) is 3.96. The summed E-state index contributed by atoms with van der Waals surface area (Å²) in [5, 5.41) is 1.45. The molecule has 0 radical (unpaired) electrons. The highest BCUT2D eigenvalue weighted by Crippen LogP contribution is 2.25. The highest BCUT2D eigenvalue weighted by molar-refractivity contribution is 7.92. The predicted octanol–water partition coefficient (Wildman–Crippen LogP) is 3.99. The molecule has 150 valence electrons. The summed E-state index contributed by atoms with van der Waals surface area (Å²) < 4.78 is 39.0. The van der Waals surface area contributed by atoms with Crippen molar-refractivity contribution in [2.45, 2.75) is 29.4 Å². The molecule has 3 aromatic carbocycles. The smallest absolute Gasteiger partial charge is 0.227 e. The monoisotopic (exact) mass is 411 g/mol. The second kappa shape index (κ2) is 7.95. The highest BCUT2D eigenvalue weighted by atomic mass is 32.2. The number of likely N-dealkylation sites (tertiary alicyclic amines) is 1. The van der Waals surface area contributed by atoms with Crippen molar-refractivity contribution in [3.05, 3.63) is 78.1 Å². The zero-order valence-corrected chi connectivity index (χ0v) is 16.7. The molecular weight excluding hydrogens is 389 g/mol. The summed E-state index contributed by atoms with van der Waals surface area (Å²) in [6.45, 7) is 0.725. The van der Waals surface area contributed by atoms with E-state index in [9.17, 15) is 17.6 Å². The molecule has 1 amide bonds. The first-order valence-corrected chi connectivity index (χ1v) is 11.2. The van der Waals surface area contributed by atoms with Crippen LogP contribution in [-0.2, 0) is 21.1 Å². The number of piperidine rings is 1. The zero-order chi connectivity index (χ0) is 20.4. The molecule has 3 aromatic rings. The molecule has 0 aliphatic carbocycles. The van der Waals surface area contributed by atoms with Gasteiger partial charge in [-0.3, -0.25) is 4.79 Å². The Morgan fingerprint density at radius 2 is 1.72 bits per heavy atom. The largest absolute Gasteiger partial charge is 0.341 e. The van der Waals surface area contributed by atoms with Gasteiger partial charge in [0.1, 0.15) is 5.82 Å². The Hall–Kier alpha value is -2.73. The van der Waals surface area contributed by atoms with E-state index in [1.54, 1.807) is 4.90 Å². The molecule has 0 saturated carbocycles. The number of fused-ring (bicyclic) bond motifs is 1. The number of benzene rings is 3. The minimum Gasteiger partial charge on any atom is -0.341 e. The van der Waals surface area contributed by atoms with Gasteiger partial charge in [-0.2, -0.15) is 0 Å². The van der Waals surface area contributed by atoms with E-state index in [-0.39, 0.29) is 23.8 Å². The summed E-state index contributed by atoms with van der Waals surface area (Å²) in [6.07, 6.45) is 1.37. The number of halogens is 1. The Morgan fingerprint density at radius 1 is 1.00 bits per heavy atom. The van der Waals surface area contributed by atoms with Crippen molar-refractivity contribution < 1.29 is 17.6 Å². The first-order valence-electron chi connectivity index (χ1n) is 9.69. The maximum absolute atomic E-state index is 13.2. The summed E-state index contributed by atoms with van der Waals surface area (Å²) >= 11 is 0. The van der Waals surface area contributed by atoms with Gasteiger partial charge in [0.05, 0.1) is 16.6 Å². The van der Waals surface area contributed by atoms with Gasteiger partial charge >= 0.3 is 0 Å². The van der Waals surface area contributed by atoms with Gasteiger partial charge in [-0.25, -0.2) is 12.8 Å². The third-order valence-corrected chi connectivity index (χ3v) is 7.73. The molecule has 6 heteroatoms. The third kappa shape index (κ3) is 4.03. The molecule has 29 heavy (non-hydrogen) atoms. The van der Waals surface area contributed by atoms with Gasteiger partial charge in [0.25, 0.3) is 0 Å². The van der Waals surface area contributed by atoms with Gasteiger partial charge in [0.15, 0.2) is 9.84 Å². The van der Waals surface area contributed by atoms with E-state index in [0.29, 0.717) is 19.4 Å². The summed E-state index contributed by atoms with van der Waals surface area (Å²) in [5.74, 6) is -0.542. The third-order valence-electron chi connectivity index (χ3n) is 5.53. The summed E-state index contributed by atoms with van der Waals surface area (Å²) in [6, 6.07) is 18.7. The van der Waals surface area contributed by atoms with Crippen molar-refractivity contribution in [3.8, 4) is 0 Å². The number of amides is 1. The quantitative estimate of drug-likeness (QED) is 0.610. The van der Waals surface area contributed by atoms with Crippen molar-refractivity contribution in [3.63, 3.8) is 0 Å². The van der Waals surface area contributed by atoms with Crippen molar-refractivity contribution in [1.82, 2.24) is 4.90 Å². The molecule has 0 aromatic heterocycles. The lowest BCUT2D eigenvalue weighted by molar-refractivity contribution is -0.131. The van der Waals surface area contributed by atoms with E-state index < -0.39 is 20.9 Å². The molecule has 1 aliphatic rings. The summed E-state index contributed by atoms with van der Waals surface area (Å²) in [5.41, 5.74) is 0.941. The first-order chi connectivity index (χ1) is 13.9. The van der Waals surface area contributed by atoms with Crippen LogP contribution in [0.25, 0.3) is 10.8 Å². The maximum atomic E-state index is 13.2. The van der Waals surface area contributed by atoms with E-state index in [4.69, 9.17) is 0 Å². The highest BCUT2D eigenvalue weighted by Gasteiger charge is 2.33. The second-order valence-corrected chi connectivity index (χ2v) is 9.65. The molecule has 1 aliphatic heterocycles. The van der Waals surface area contributed by atoms with E-state index in [1.807, 2.05) is 42.5 Å². The van der Waals surface area contributed by atoms with Crippen LogP contribution in [0.15, 0.2) is 71.6 Å². The second-order valence-electron chi connectivity index (χ2n) is 7.42. The maximum Gasteiger partial charge on any atom is 0.227 e. The number of hydrogen-bond acceptors (Lipinski definition) is 3. The lowest BCUT2D eigenvalue weighted by Crippen LogP contribution is -2.45. The van der Waals surface area contributed by atoms with Gasteiger partial charge in [0, 0.05) is 13.1 Å². The molecule has 1 atom stereocenters. The molecule has 0 spiro atoms. The van der Waals surface area contributed by atoms with E-state index in [1.165, 1.54) is 12.1 Å². The van der Waals surface area contributed by atoms with Crippen LogP contribution in [0.4, 0.5) is 4.39 Å². The summed E-state index contributed by atoms with van der Waals surface area (Å²) in [7, 11) is -3.61. The summed E-state index contributed by atoms with van der Waals surface area (Å²) in [4.78, 5) is 14.7. The Morgan fingerprint density at radius 3 is 2.52 bits per heavy atom. The number of rotatable bonds is 4. The fraction of sp³-hybridized carbons (Fsp3) is 0.261. The van der Waals surface area contributed by atoms with Crippen molar-refractivity contribution in [2.24, 2.45) is 0 Å². The number of sulfone groups is 1. The van der Waals surface area contributed by atoms with Crippen LogP contribution in [0, 0.1) is 5.82 Å². The lowest BCUT2D eigenvalue weighted by Gasteiger charge is -2.32. The molecule has 1 fully saturated rings. The van der Waals surface area contributed by atoms with Crippen LogP contribution in [0.5, 0.6) is 0 Å². The average Bonchev–Trinajstić information content (AvgIpc) is 2.74. The van der Waals surface area contributed by atoms with Gasteiger partial charge in [-0.05, 0) is 53.4 Å². The number of carbonyl (C=O) groups is 1. The van der Waals surface area contributed by atoms with Gasteiger partial charge < -0.3 is 4.90 Å². The molecule has 1 saturated heterocycles. The molecule has 0 N–H and O–H groups in total. The normalized spacial score (nSPS) is 17.4. The topological polar surface area (TPSA) is 54.5 Å². The van der Waals surface area contributed by atoms with Crippen LogP contribution in [0.2, 0.25) is 0 Å². The minimum atomic E-state index is -3.61. The molecule has 1 heterocycles. The Labute approximate surface area is 169 Å². The van der Waals surface area contributed by atoms with Crippen LogP contribution in [0.3, 0.4) is 0 Å². The number of hydrogen-bond donors (Lipinski definition) is 0. The Kier molecular flexibility index (Phi) is 5.37. The standard InChI is InChI=1S/C23H22FNO3S/c24-19-10-12-20(13-11-19)29(27,28)21-8-4-14-25(16-21)23(26)15-18-7-3-6-17-5-1-2-9-22(17)18/h1-3,5-7,9-13,21H,4,8,14-16H2/t21-/m1/s1. The fourth-order valence-corrected chi connectivity index (χ4v) is 5.71. The minimum absolute atomic E-state index is 0.0691. The molecule has 0 bridgehead atoms. The number of carbonyl (C=O) groups excluding carboxylic acids is 1. The number of nitrogens with zero attached hydrogens (tertiary/aromatic N) is 1. The first kappa shape index (κ1) is 19.6. The van der Waals surface area contributed by atoms with E-state index in [2.05, 4.69) is 0 Å². The molecule has 4 rings (SSSR count). The van der Waals surface area contributed by atoms with Gasteiger partial charge in [0.2, 0.25) is 5.91 Å².